The quantitative estimate of drug-likeness (QED) is 0.377. The van der Waals surface area contributed by atoms with Crippen molar-refractivity contribution in [1.82, 2.24) is 5.01 Å². The van der Waals surface area contributed by atoms with Crippen molar-refractivity contribution in [2.24, 2.45) is 10.1 Å². The summed E-state index contributed by atoms with van der Waals surface area (Å²) in [5.41, 5.74) is 0.918. The highest BCUT2D eigenvalue weighted by molar-refractivity contribution is 8.25. The third-order valence-corrected chi connectivity index (χ3v) is 5.14. The van der Waals surface area contributed by atoms with Gasteiger partial charge in [-0.15, -0.1) is 0 Å². The number of carbonyl (C=O) groups excluding carboxylic acids is 1. The van der Waals surface area contributed by atoms with E-state index in [0.717, 1.165) is 30.0 Å². The predicted molar refractivity (Wildman–Crippen MR) is 119 cm³/mol. The van der Waals surface area contributed by atoms with Crippen molar-refractivity contribution in [3.05, 3.63) is 67.8 Å². The average Bonchev–Trinajstić information content (AvgIpc) is 3.26. The van der Waals surface area contributed by atoms with Gasteiger partial charge in [0.2, 0.25) is 5.75 Å². The van der Waals surface area contributed by atoms with E-state index in [4.69, 9.17) is 14.9 Å². The van der Waals surface area contributed by atoms with E-state index in [0.29, 0.717) is 10.7 Å². The van der Waals surface area contributed by atoms with Crippen molar-refractivity contribution >= 4 is 51.7 Å². The van der Waals surface area contributed by atoms with Crippen molar-refractivity contribution in [2.75, 3.05) is 7.11 Å². The molecule has 33 heavy (non-hydrogen) atoms. The maximum absolute atomic E-state index is 12.3. The van der Waals surface area contributed by atoms with E-state index in [9.17, 15) is 25.0 Å². The highest BCUT2D eigenvalue weighted by atomic mass is 32.2. The number of amidine groups is 2. The third-order valence-electron chi connectivity index (χ3n) is 4.47. The number of hydrogen-bond donors (Lipinski definition) is 1. The second kappa shape index (κ2) is 8.51. The molecule has 1 amide bonds. The molecule has 13 nitrogen and oxygen atoms in total. The Hall–Kier alpha value is -4.59. The summed E-state index contributed by atoms with van der Waals surface area (Å²) < 4.78 is 10.9. The molecule has 4 rings (SSSR count). The second-order valence-corrected chi connectivity index (χ2v) is 7.25. The van der Waals surface area contributed by atoms with Crippen LogP contribution in [0.25, 0.3) is 6.08 Å². The lowest BCUT2D eigenvalue weighted by Gasteiger charge is -2.20. The average molecular weight is 468 g/mol. The smallest absolute Gasteiger partial charge is 0.318 e. The number of hydrogen-bond acceptors (Lipinski definition) is 10. The summed E-state index contributed by atoms with van der Waals surface area (Å²) in [7, 11) is 1.35. The lowest BCUT2D eigenvalue weighted by molar-refractivity contribution is -0.394. The molecule has 0 spiro atoms. The number of ether oxygens (including phenoxy) is 2. The summed E-state index contributed by atoms with van der Waals surface area (Å²) >= 11 is 1.13. The zero-order valence-corrected chi connectivity index (χ0v) is 17.4. The summed E-state index contributed by atoms with van der Waals surface area (Å²) in [6.07, 6.45) is 1.43. The monoisotopic (exact) mass is 468 g/mol. The Bertz CT molecular complexity index is 1320. The number of rotatable bonds is 6. The molecule has 0 bridgehead atoms. The van der Waals surface area contributed by atoms with Crippen LogP contribution in [0.1, 0.15) is 5.56 Å². The van der Waals surface area contributed by atoms with Crippen LogP contribution in [0.2, 0.25) is 0 Å². The van der Waals surface area contributed by atoms with E-state index in [-0.39, 0.29) is 28.7 Å². The molecule has 2 aromatic carbocycles. The van der Waals surface area contributed by atoms with E-state index in [2.05, 4.69) is 10.1 Å². The van der Waals surface area contributed by atoms with E-state index in [1.165, 1.54) is 35.9 Å². The highest BCUT2D eigenvalue weighted by Crippen LogP contribution is 2.38. The van der Waals surface area contributed by atoms with Gasteiger partial charge in [-0.2, -0.15) is 15.1 Å². The van der Waals surface area contributed by atoms with Gasteiger partial charge in [0, 0.05) is 6.07 Å². The van der Waals surface area contributed by atoms with Crippen LogP contribution < -0.4 is 9.47 Å². The molecular formula is C19H12N6O7S. The Morgan fingerprint density at radius 2 is 1.85 bits per heavy atom. The molecule has 0 unspecified atom stereocenters. The molecule has 166 valence electrons. The Morgan fingerprint density at radius 1 is 1.09 bits per heavy atom. The van der Waals surface area contributed by atoms with Crippen molar-refractivity contribution in [2.45, 2.75) is 0 Å². The molecule has 0 aromatic heterocycles. The van der Waals surface area contributed by atoms with Crippen LogP contribution in [0.3, 0.4) is 0 Å². The van der Waals surface area contributed by atoms with Crippen LogP contribution in [0.15, 0.2) is 52.1 Å². The molecule has 0 fully saturated rings. The summed E-state index contributed by atoms with van der Waals surface area (Å²) in [5.74, 6) is -0.671. The predicted octanol–water partition coefficient (Wildman–Crippen LogP) is 3.55. The molecular weight excluding hydrogens is 456 g/mol. The summed E-state index contributed by atoms with van der Waals surface area (Å²) in [4.78, 5) is 36.9. The molecule has 2 aromatic rings. The molecule has 2 heterocycles. The van der Waals surface area contributed by atoms with Crippen molar-refractivity contribution < 1.29 is 24.1 Å². The van der Waals surface area contributed by atoms with Gasteiger partial charge >= 0.3 is 5.69 Å². The zero-order valence-electron chi connectivity index (χ0n) is 16.6. The first-order chi connectivity index (χ1) is 15.8. The Balaban J connectivity index is 1.66. The van der Waals surface area contributed by atoms with Gasteiger partial charge in [0.25, 0.3) is 11.6 Å². The summed E-state index contributed by atoms with van der Waals surface area (Å²) in [5, 5.41) is 36.0. The second-order valence-electron chi connectivity index (χ2n) is 6.44. The standard InChI is InChI=1S/C19H12N6O7S/c1-31-16-7-10(6-12-17(20)23-19(22-18(12)26)33-9-21-23)2-4-15(16)32-14-5-3-11(24(27)28)8-13(14)25(29)30/h2-9,20H,1H3/b12-6-,20-17?. The fourth-order valence-electron chi connectivity index (χ4n) is 2.93. The summed E-state index contributed by atoms with van der Waals surface area (Å²) in [6, 6.07) is 7.51. The summed E-state index contributed by atoms with van der Waals surface area (Å²) in [6.45, 7) is 0. The highest BCUT2D eigenvalue weighted by Gasteiger charge is 2.32. The lowest BCUT2D eigenvalue weighted by atomic mass is 10.1. The number of carbonyl (C=O) groups is 1. The number of hydrazone groups is 1. The maximum atomic E-state index is 12.3. The van der Waals surface area contributed by atoms with Gasteiger partial charge < -0.3 is 9.47 Å². The first kappa shape index (κ1) is 21.6. The SMILES string of the molecule is COc1cc(/C=C2/C(=N)N3N=CSC3=NC2=O)ccc1Oc1ccc([N+](=O)[O-])cc1[N+](=O)[O-]. The van der Waals surface area contributed by atoms with Crippen LogP contribution in [0.5, 0.6) is 17.2 Å². The molecule has 1 N–H and O–H groups in total. The van der Waals surface area contributed by atoms with Crippen LogP contribution in [0, 0.1) is 25.6 Å². The van der Waals surface area contributed by atoms with Crippen LogP contribution >= 0.6 is 11.8 Å². The van der Waals surface area contributed by atoms with E-state index in [1.807, 2.05) is 0 Å². The molecule has 2 aliphatic heterocycles. The molecule has 0 radical (unpaired) electrons. The van der Waals surface area contributed by atoms with Gasteiger partial charge in [-0.3, -0.25) is 30.4 Å². The number of nitro groups is 2. The number of benzene rings is 2. The number of fused-ring (bicyclic) bond motifs is 1. The van der Waals surface area contributed by atoms with Gasteiger partial charge in [-0.05, 0) is 41.6 Å². The number of methoxy groups -OCH3 is 1. The van der Waals surface area contributed by atoms with Gasteiger partial charge in [0.15, 0.2) is 22.5 Å². The number of nitrogens with zero attached hydrogens (tertiary/aromatic N) is 5. The van der Waals surface area contributed by atoms with Gasteiger partial charge in [-0.25, -0.2) is 0 Å². The number of thioether (sulfide) groups is 1. The van der Waals surface area contributed by atoms with Crippen molar-refractivity contribution in [1.29, 1.82) is 5.41 Å². The number of aliphatic imine (C=N–C) groups is 1. The Labute approximate surface area is 188 Å². The zero-order chi connectivity index (χ0) is 23.7. The van der Waals surface area contributed by atoms with Gasteiger partial charge in [-0.1, -0.05) is 6.07 Å². The van der Waals surface area contributed by atoms with Crippen molar-refractivity contribution in [3.8, 4) is 17.2 Å². The normalized spacial score (nSPS) is 16.0. The van der Waals surface area contributed by atoms with E-state index < -0.39 is 27.1 Å². The third kappa shape index (κ3) is 4.14. The molecule has 0 atom stereocenters. The lowest BCUT2D eigenvalue weighted by Crippen LogP contribution is -2.35. The number of non-ortho nitro benzene ring substituents is 1. The number of nitro benzene ring substituents is 2. The van der Waals surface area contributed by atoms with E-state index >= 15 is 0 Å². The molecule has 0 aliphatic carbocycles. The molecule has 0 saturated heterocycles. The first-order valence-electron chi connectivity index (χ1n) is 9.00. The molecule has 0 saturated carbocycles. The Kier molecular flexibility index (Phi) is 5.58. The van der Waals surface area contributed by atoms with Crippen molar-refractivity contribution in [3.63, 3.8) is 0 Å². The van der Waals surface area contributed by atoms with E-state index in [1.54, 1.807) is 6.07 Å². The maximum Gasteiger partial charge on any atom is 0.318 e. The van der Waals surface area contributed by atoms with Gasteiger partial charge in [0.05, 0.1) is 34.1 Å². The minimum absolute atomic E-state index is 0.0140. The van der Waals surface area contributed by atoms with Crippen LogP contribution in [-0.4, -0.2) is 44.4 Å². The minimum atomic E-state index is -0.790. The first-order valence-corrected chi connectivity index (χ1v) is 9.88. The molecule has 14 heteroatoms. The number of nitrogens with one attached hydrogen (secondary N) is 1. The fourth-order valence-corrected chi connectivity index (χ4v) is 3.54. The minimum Gasteiger partial charge on any atom is -0.493 e. The number of amides is 1. The van der Waals surface area contributed by atoms with Crippen LogP contribution in [-0.2, 0) is 4.79 Å². The van der Waals surface area contributed by atoms with Crippen LogP contribution in [0.4, 0.5) is 11.4 Å². The fraction of sp³-hybridized carbons (Fsp3) is 0.0526. The largest absolute Gasteiger partial charge is 0.493 e. The Morgan fingerprint density at radius 3 is 2.55 bits per heavy atom. The molecule has 2 aliphatic rings. The van der Waals surface area contributed by atoms with Gasteiger partial charge in [0.1, 0.15) is 0 Å². The topological polar surface area (TPSA) is 174 Å².